The zero-order valence-corrected chi connectivity index (χ0v) is 18.9. The number of guanidine groups is 1. The smallest absolute Gasteiger partial charge is 0.308 e. The number of methoxy groups -OCH3 is 1. The molecule has 0 spiro atoms. The van der Waals surface area contributed by atoms with Gasteiger partial charge in [0, 0.05) is 26.7 Å². The van der Waals surface area contributed by atoms with Crippen molar-refractivity contribution in [3.05, 3.63) is 29.8 Å². The molecule has 0 aliphatic carbocycles. The van der Waals surface area contributed by atoms with E-state index in [2.05, 4.69) is 34.3 Å². The third-order valence-electron chi connectivity index (χ3n) is 4.61. The summed E-state index contributed by atoms with van der Waals surface area (Å²) in [7, 11) is 3.26. The predicted molar refractivity (Wildman–Crippen MR) is 119 cm³/mol. The summed E-state index contributed by atoms with van der Waals surface area (Å²) in [5.74, 6) is 1.74. The highest BCUT2D eigenvalue weighted by Crippen LogP contribution is 2.18. The van der Waals surface area contributed by atoms with Crippen LogP contribution in [0, 0.1) is 5.92 Å². The fourth-order valence-corrected chi connectivity index (χ4v) is 3.16. The highest BCUT2D eigenvalue weighted by Gasteiger charge is 2.26. The molecule has 1 heterocycles. The van der Waals surface area contributed by atoms with Gasteiger partial charge >= 0.3 is 5.97 Å². The average molecular weight is 489 g/mol. The second-order valence-corrected chi connectivity index (χ2v) is 6.50. The molecule has 1 N–H and O–H groups in total. The summed E-state index contributed by atoms with van der Waals surface area (Å²) in [5.41, 5.74) is 1.24. The fraction of sp³-hybridized carbons (Fsp3) is 0.600. The standard InChI is InChI=1S/C20H31N3O3.HI/c1-4-14-26-18-7-5-6-16(15-18)8-11-22-20(21-2)23-12-9-17(10-13-23)19(24)25-3;/h5-7,15,17H,4,8-14H2,1-3H3,(H,21,22);1H. The molecular weight excluding hydrogens is 457 g/mol. The maximum atomic E-state index is 11.6. The van der Waals surface area contributed by atoms with Gasteiger partial charge in [0.1, 0.15) is 5.75 Å². The second-order valence-electron chi connectivity index (χ2n) is 6.50. The number of halogens is 1. The number of likely N-dealkylation sites (tertiary alicyclic amines) is 1. The Hall–Kier alpha value is -1.51. The summed E-state index contributed by atoms with van der Waals surface area (Å²) in [6.07, 6.45) is 3.53. The first-order valence-corrected chi connectivity index (χ1v) is 9.43. The van der Waals surface area contributed by atoms with Crippen LogP contribution in [0.2, 0.25) is 0 Å². The number of hydrogen-bond acceptors (Lipinski definition) is 4. The highest BCUT2D eigenvalue weighted by molar-refractivity contribution is 14.0. The molecule has 0 amide bonds. The minimum atomic E-state index is -0.0993. The third-order valence-corrected chi connectivity index (χ3v) is 4.61. The van der Waals surface area contributed by atoms with Gasteiger partial charge in [-0.05, 0) is 43.4 Å². The number of carbonyl (C=O) groups is 1. The molecular formula is C20H32IN3O3. The van der Waals surface area contributed by atoms with Crippen LogP contribution in [-0.2, 0) is 16.0 Å². The molecule has 0 bridgehead atoms. The van der Waals surface area contributed by atoms with Gasteiger partial charge in [-0.3, -0.25) is 9.79 Å². The summed E-state index contributed by atoms with van der Waals surface area (Å²) >= 11 is 0. The van der Waals surface area contributed by atoms with E-state index in [0.29, 0.717) is 0 Å². The SMILES string of the molecule is CCCOc1cccc(CCNC(=NC)N2CCC(C(=O)OC)CC2)c1.I. The number of piperidine rings is 1. The van der Waals surface area contributed by atoms with Gasteiger partial charge in [0.15, 0.2) is 5.96 Å². The number of rotatable bonds is 7. The molecule has 0 atom stereocenters. The van der Waals surface area contributed by atoms with Gasteiger partial charge in [0.2, 0.25) is 0 Å². The molecule has 1 aromatic rings. The van der Waals surface area contributed by atoms with Gasteiger partial charge in [0.05, 0.1) is 19.6 Å². The second kappa shape index (κ2) is 12.8. The summed E-state index contributed by atoms with van der Waals surface area (Å²) < 4.78 is 10.5. The van der Waals surface area contributed by atoms with Crippen molar-refractivity contribution in [2.24, 2.45) is 10.9 Å². The van der Waals surface area contributed by atoms with Crippen molar-refractivity contribution in [2.45, 2.75) is 32.6 Å². The van der Waals surface area contributed by atoms with E-state index in [1.165, 1.54) is 12.7 Å². The summed E-state index contributed by atoms with van der Waals surface area (Å²) in [4.78, 5) is 18.2. The number of nitrogens with one attached hydrogen (secondary N) is 1. The van der Waals surface area contributed by atoms with Crippen molar-refractivity contribution in [3.63, 3.8) is 0 Å². The molecule has 1 aliphatic heterocycles. The van der Waals surface area contributed by atoms with Crippen LogP contribution >= 0.6 is 24.0 Å². The fourth-order valence-electron chi connectivity index (χ4n) is 3.16. The Morgan fingerprint density at radius 1 is 1.33 bits per heavy atom. The highest BCUT2D eigenvalue weighted by atomic mass is 127. The van der Waals surface area contributed by atoms with Gasteiger partial charge in [-0.1, -0.05) is 19.1 Å². The van der Waals surface area contributed by atoms with Crippen LogP contribution in [0.3, 0.4) is 0 Å². The maximum absolute atomic E-state index is 11.6. The minimum Gasteiger partial charge on any atom is -0.494 e. The molecule has 1 fully saturated rings. The molecule has 1 aromatic carbocycles. The monoisotopic (exact) mass is 489 g/mol. The molecule has 152 valence electrons. The predicted octanol–water partition coefficient (Wildman–Crippen LogP) is 3.10. The van der Waals surface area contributed by atoms with Gasteiger partial charge < -0.3 is 19.7 Å². The summed E-state index contributed by atoms with van der Waals surface area (Å²) in [6, 6.07) is 8.25. The van der Waals surface area contributed by atoms with Crippen molar-refractivity contribution in [2.75, 3.05) is 40.4 Å². The zero-order chi connectivity index (χ0) is 18.8. The molecule has 6 nitrogen and oxygen atoms in total. The molecule has 27 heavy (non-hydrogen) atoms. The Kier molecular flexibility index (Phi) is 11.2. The lowest BCUT2D eigenvalue weighted by atomic mass is 9.97. The van der Waals surface area contributed by atoms with Crippen molar-refractivity contribution in [1.29, 1.82) is 0 Å². The first kappa shape index (κ1) is 23.5. The quantitative estimate of drug-likeness (QED) is 0.276. The van der Waals surface area contributed by atoms with Crippen LogP contribution in [0.25, 0.3) is 0 Å². The molecule has 7 heteroatoms. The molecule has 1 aliphatic rings. The molecule has 0 aromatic heterocycles. The van der Waals surface area contributed by atoms with E-state index in [-0.39, 0.29) is 35.9 Å². The van der Waals surface area contributed by atoms with E-state index >= 15 is 0 Å². The lowest BCUT2D eigenvalue weighted by molar-refractivity contribution is -0.146. The minimum absolute atomic E-state index is 0. The van der Waals surface area contributed by atoms with Crippen molar-refractivity contribution in [3.8, 4) is 5.75 Å². The van der Waals surface area contributed by atoms with Gasteiger partial charge in [-0.15, -0.1) is 24.0 Å². The van der Waals surface area contributed by atoms with E-state index in [9.17, 15) is 4.79 Å². The average Bonchev–Trinajstić information content (AvgIpc) is 2.69. The molecule has 0 unspecified atom stereocenters. The molecule has 2 rings (SSSR count). The first-order valence-electron chi connectivity index (χ1n) is 9.43. The van der Waals surface area contributed by atoms with E-state index in [4.69, 9.17) is 9.47 Å². The van der Waals surface area contributed by atoms with Crippen molar-refractivity contribution in [1.82, 2.24) is 10.2 Å². The summed E-state index contributed by atoms with van der Waals surface area (Å²) in [5, 5.41) is 3.43. The van der Waals surface area contributed by atoms with Crippen LogP contribution in [0.4, 0.5) is 0 Å². The van der Waals surface area contributed by atoms with E-state index in [0.717, 1.165) is 63.6 Å². The molecule has 0 radical (unpaired) electrons. The largest absolute Gasteiger partial charge is 0.494 e. The zero-order valence-electron chi connectivity index (χ0n) is 16.6. The first-order chi connectivity index (χ1) is 12.7. The lowest BCUT2D eigenvalue weighted by Gasteiger charge is -2.33. The Morgan fingerprint density at radius 3 is 2.70 bits per heavy atom. The normalized spacial score (nSPS) is 15.1. The van der Waals surface area contributed by atoms with E-state index in [1.54, 1.807) is 7.05 Å². The van der Waals surface area contributed by atoms with Crippen LogP contribution < -0.4 is 10.1 Å². The lowest BCUT2D eigenvalue weighted by Crippen LogP contribution is -2.47. The Balaban J connectivity index is 0.00000364. The Morgan fingerprint density at radius 2 is 2.07 bits per heavy atom. The van der Waals surface area contributed by atoms with E-state index < -0.39 is 0 Å². The van der Waals surface area contributed by atoms with Crippen LogP contribution in [0.5, 0.6) is 5.75 Å². The number of nitrogens with zero attached hydrogens (tertiary/aromatic N) is 2. The number of benzene rings is 1. The van der Waals surface area contributed by atoms with Crippen molar-refractivity contribution >= 4 is 35.9 Å². The van der Waals surface area contributed by atoms with Crippen LogP contribution in [0.1, 0.15) is 31.7 Å². The Bertz CT molecular complexity index is 602. The van der Waals surface area contributed by atoms with Crippen molar-refractivity contribution < 1.29 is 14.3 Å². The number of ether oxygens (including phenoxy) is 2. The van der Waals surface area contributed by atoms with Crippen LogP contribution in [-0.4, -0.2) is 57.2 Å². The van der Waals surface area contributed by atoms with Gasteiger partial charge in [-0.2, -0.15) is 0 Å². The van der Waals surface area contributed by atoms with Gasteiger partial charge in [-0.25, -0.2) is 0 Å². The van der Waals surface area contributed by atoms with Crippen LogP contribution in [0.15, 0.2) is 29.3 Å². The van der Waals surface area contributed by atoms with Gasteiger partial charge in [0.25, 0.3) is 0 Å². The molecule has 1 saturated heterocycles. The third kappa shape index (κ3) is 7.56. The summed E-state index contributed by atoms with van der Waals surface area (Å²) in [6.45, 7) is 5.30. The number of aliphatic imine (C=N–C) groups is 1. The number of esters is 1. The topological polar surface area (TPSA) is 63.2 Å². The Labute approximate surface area is 179 Å². The number of carbonyl (C=O) groups excluding carboxylic acids is 1. The number of hydrogen-bond donors (Lipinski definition) is 1. The maximum Gasteiger partial charge on any atom is 0.308 e. The van der Waals surface area contributed by atoms with E-state index in [1.807, 2.05) is 12.1 Å². The molecule has 0 saturated carbocycles.